The molecule has 0 atom stereocenters. The van der Waals surface area contributed by atoms with Gasteiger partial charge in [0.15, 0.2) is 0 Å². The summed E-state index contributed by atoms with van der Waals surface area (Å²) in [5.41, 5.74) is 2.32. The van der Waals surface area contributed by atoms with E-state index in [4.69, 9.17) is 4.74 Å². The number of hydrogen-bond donors (Lipinski definition) is 2. The molecule has 1 aromatic heterocycles. The van der Waals surface area contributed by atoms with Gasteiger partial charge in [-0.25, -0.2) is 0 Å². The second-order valence-electron chi connectivity index (χ2n) is 6.33. The molecule has 142 valence electrons. The van der Waals surface area contributed by atoms with Crippen LogP contribution in [0, 0.1) is 0 Å². The zero-order chi connectivity index (χ0) is 19.6. The number of nitrogens with zero attached hydrogens (tertiary/aromatic N) is 1. The van der Waals surface area contributed by atoms with Crippen molar-refractivity contribution in [3.8, 4) is 11.5 Å². The molecule has 0 aliphatic heterocycles. The van der Waals surface area contributed by atoms with Gasteiger partial charge in [-0.1, -0.05) is 24.3 Å². The van der Waals surface area contributed by atoms with Crippen molar-refractivity contribution in [1.82, 2.24) is 4.98 Å². The number of anilines is 2. The van der Waals surface area contributed by atoms with Gasteiger partial charge >= 0.3 is 10.2 Å². The number of benzene rings is 2. The van der Waals surface area contributed by atoms with Crippen LogP contribution in [0.15, 0.2) is 66.9 Å². The van der Waals surface area contributed by atoms with Crippen molar-refractivity contribution in [1.29, 1.82) is 0 Å². The van der Waals surface area contributed by atoms with E-state index in [1.54, 1.807) is 66.9 Å². The first-order valence-corrected chi connectivity index (χ1v) is 10.1. The summed E-state index contributed by atoms with van der Waals surface area (Å²) in [4.78, 5) is 15.9. The Hall–Kier alpha value is -3.39. The molecule has 1 aliphatic carbocycles. The number of carbonyl (C=O) groups excluding carboxylic acids is 1. The largest absolute Gasteiger partial charge is 0.457 e. The first-order chi connectivity index (χ1) is 13.5. The van der Waals surface area contributed by atoms with Crippen molar-refractivity contribution in [3.63, 3.8) is 0 Å². The second kappa shape index (κ2) is 7.32. The van der Waals surface area contributed by atoms with Crippen LogP contribution in [0.25, 0.3) is 0 Å². The number of rotatable bonds is 6. The molecule has 2 N–H and O–H groups in total. The highest BCUT2D eigenvalue weighted by atomic mass is 32.2. The summed E-state index contributed by atoms with van der Waals surface area (Å²) < 4.78 is 35.5. The van der Waals surface area contributed by atoms with Crippen molar-refractivity contribution in [2.45, 2.75) is 12.8 Å². The second-order valence-corrected chi connectivity index (χ2v) is 7.75. The summed E-state index contributed by atoms with van der Waals surface area (Å²) in [6.45, 7) is 0. The van der Waals surface area contributed by atoms with Crippen LogP contribution in [-0.2, 0) is 27.8 Å². The Kier molecular flexibility index (Phi) is 4.70. The van der Waals surface area contributed by atoms with Crippen molar-refractivity contribution in [2.24, 2.45) is 0 Å². The average molecular weight is 395 g/mol. The molecule has 0 amide bonds. The van der Waals surface area contributed by atoms with Crippen LogP contribution in [0.4, 0.5) is 11.4 Å². The Balaban J connectivity index is 1.51. The van der Waals surface area contributed by atoms with Gasteiger partial charge in [-0.2, -0.15) is 8.42 Å². The fraction of sp³-hybridized carbons (Fsp3) is 0.100. The molecule has 1 heterocycles. The number of pyridine rings is 1. The third-order valence-electron chi connectivity index (χ3n) is 4.18. The van der Waals surface area contributed by atoms with Gasteiger partial charge in [0.2, 0.25) is 0 Å². The predicted octanol–water partition coefficient (Wildman–Crippen LogP) is 3.31. The van der Waals surface area contributed by atoms with E-state index in [1.165, 1.54) is 0 Å². The smallest absolute Gasteiger partial charge is 0.321 e. The molecule has 1 aliphatic rings. The number of nitrogens with one attached hydrogen (secondary N) is 2. The maximum atomic E-state index is 12.3. The van der Waals surface area contributed by atoms with E-state index < -0.39 is 10.2 Å². The molecule has 0 unspecified atom stereocenters. The Morgan fingerprint density at radius 1 is 0.893 bits per heavy atom. The maximum absolute atomic E-state index is 12.3. The molecular weight excluding hydrogens is 378 g/mol. The Bertz CT molecular complexity index is 1130. The third-order valence-corrected chi connectivity index (χ3v) is 5.19. The van der Waals surface area contributed by atoms with Crippen molar-refractivity contribution >= 4 is 27.4 Å². The lowest BCUT2D eigenvalue weighted by atomic mass is 10.2. The molecule has 0 saturated heterocycles. The van der Waals surface area contributed by atoms with Crippen LogP contribution in [-0.4, -0.2) is 19.2 Å². The van der Waals surface area contributed by atoms with Gasteiger partial charge in [0, 0.05) is 30.7 Å². The summed E-state index contributed by atoms with van der Waals surface area (Å²) in [7, 11) is -3.80. The highest BCUT2D eigenvalue weighted by Crippen LogP contribution is 2.32. The van der Waals surface area contributed by atoms with Crippen molar-refractivity contribution < 1.29 is 17.9 Å². The SMILES string of the molecule is O=C1Cc2nccc(Oc3cccc(NS(=O)(=O)Nc4ccccc4)c3)c2C1. The van der Waals surface area contributed by atoms with Crippen molar-refractivity contribution in [2.75, 3.05) is 9.44 Å². The van der Waals surface area contributed by atoms with Crippen LogP contribution >= 0.6 is 0 Å². The van der Waals surface area contributed by atoms with Crippen LogP contribution in [0.2, 0.25) is 0 Å². The average Bonchev–Trinajstić information content (AvgIpc) is 3.03. The standard InChI is InChI=1S/C20H17N3O4S/c24-16-12-18-19(13-16)21-10-9-20(18)27-17-8-4-7-15(11-17)23-28(25,26)22-14-5-2-1-3-6-14/h1-11,22-23H,12-13H2. The number of hydrogen-bond acceptors (Lipinski definition) is 5. The number of Topliss-reactive ketones (excluding diaryl/α,β-unsaturated/α-hetero) is 1. The molecule has 0 bridgehead atoms. The highest BCUT2D eigenvalue weighted by molar-refractivity contribution is 7.94. The molecule has 0 saturated carbocycles. The predicted molar refractivity (Wildman–Crippen MR) is 106 cm³/mol. The fourth-order valence-electron chi connectivity index (χ4n) is 2.99. The van der Waals surface area contributed by atoms with Gasteiger partial charge in [0.05, 0.1) is 17.1 Å². The molecule has 0 radical (unpaired) electrons. The summed E-state index contributed by atoms with van der Waals surface area (Å²) in [5.74, 6) is 1.11. The minimum Gasteiger partial charge on any atom is -0.457 e. The molecule has 0 fully saturated rings. The summed E-state index contributed by atoms with van der Waals surface area (Å²) in [5, 5.41) is 0. The zero-order valence-electron chi connectivity index (χ0n) is 14.8. The van der Waals surface area contributed by atoms with Gasteiger partial charge in [0.25, 0.3) is 0 Å². The van der Waals surface area contributed by atoms with E-state index in [0.29, 0.717) is 35.7 Å². The Morgan fingerprint density at radius 3 is 2.46 bits per heavy atom. The van der Waals surface area contributed by atoms with Gasteiger partial charge < -0.3 is 4.74 Å². The summed E-state index contributed by atoms with van der Waals surface area (Å²) in [6, 6.07) is 16.9. The van der Waals surface area contributed by atoms with E-state index in [2.05, 4.69) is 14.4 Å². The lowest BCUT2D eigenvalue weighted by Gasteiger charge is -2.13. The minimum atomic E-state index is -3.80. The lowest BCUT2D eigenvalue weighted by Crippen LogP contribution is -2.21. The molecule has 8 heteroatoms. The number of fused-ring (bicyclic) bond motifs is 1. The molecule has 4 rings (SSSR count). The van der Waals surface area contributed by atoms with Crippen molar-refractivity contribution in [3.05, 3.63) is 78.1 Å². The highest BCUT2D eigenvalue weighted by Gasteiger charge is 2.23. The maximum Gasteiger partial charge on any atom is 0.321 e. The number of para-hydroxylation sites is 1. The Morgan fingerprint density at radius 2 is 1.64 bits per heavy atom. The normalized spacial score (nSPS) is 13.1. The number of ether oxygens (including phenoxy) is 1. The minimum absolute atomic E-state index is 0.104. The summed E-state index contributed by atoms with van der Waals surface area (Å²) >= 11 is 0. The van der Waals surface area contributed by atoms with E-state index >= 15 is 0 Å². The molecule has 0 spiro atoms. The van der Waals surface area contributed by atoms with Gasteiger partial charge in [-0.15, -0.1) is 0 Å². The number of ketones is 1. The molecule has 3 aromatic rings. The van der Waals surface area contributed by atoms with Crippen LogP contribution in [0.1, 0.15) is 11.3 Å². The first kappa shape index (κ1) is 18.0. The van der Waals surface area contributed by atoms with Gasteiger partial charge in [-0.05, 0) is 30.3 Å². The summed E-state index contributed by atoms with van der Waals surface area (Å²) in [6.07, 6.45) is 2.21. The molecule has 7 nitrogen and oxygen atoms in total. The van der Waals surface area contributed by atoms with E-state index in [0.717, 1.165) is 11.3 Å². The topological polar surface area (TPSA) is 97.4 Å². The zero-order valence-corrected chi connectivity index (χ0v) is 15.6. The monoisotopic (exact) mass is 395 g/mol. The van der Waals surface area contributed by atoms with E-state index in [-0.39, 0.29) is 5.78 Å². The fourth-order valence-corrected chi connectivity index (χ4v) is 3.93. The molecule has 28 heavy (non-hydrogen) atoms. The quantitative estimate of drug-likeness (QED) is 0.667. The third kappa shape index (κ3) is 4.12. The lowest BCUT2D eigenvalue weighted by molar-refractivity contribution is -0.117. The molecule has 2 aromatic carbocycles. The van der Waals surface area contributed by atoms with E-state index in [1.807, 2.05) is 0 Å². The van der Waals surface area contributed by atoms with Gasteiger partial charge in [-0.3, -0.25) is 19.2 Å². The van der Waals surface area contributed by atoms with Gasteiger partial charge in [0.1, 0.15) is 17.3 Å². The number of aromatic nitrogens is 1. The van der Waals surface area contributed by atoms with Crippen LogP contribution in [0.5, 0.6) is 11.5 Å². The number of carbonyl (C=O) groups is 1. The van der Waals surface area contributed by atoms with Crippen LogP contribution < -0.4 is 14.2 Å². The van der Waals surface area contributed by atoms with E-state index in [9.17, 15) is 13.2 Å². The first-order valence-electron chi connectivity index (χ1n) is 8.60. The molecular formula is C20H17N3O4S. The van der Waals surface area contributed by atoms with Crippen LogP contribution in [0.3, 0.4) is 0 Å². The Labute approximate surface area is 162 Å².